The van der Waals surface area contributed by atoms with Crippen molar-refractivity contribution in [2.24, 2.45) is 0 Å². The van der Waals surface area contributed by atoms with Gasteiger partial charge in [0.05, 0.1) is 6.61 Å². The highest BCUT2D eigenvalue weighted by atomic mass is 32.2. The highest BCUT2D eigenvalue weighted by Crippen LogP contribution is 2.26. The number of nitrogens with one attached hydrogen (secondary N) is 1. The van der Waals surface area contributed by atoms with Crippen LogP contribution in [-0.4, -0.2) is 36.7 Å². The predicted molar refractivity (Wildman–Crippen MR) is 73.3 cm³/mol. The summed E-state index contributed by atoms with van der Waals surface area (Å²) in [6.07, 6.45) is 7.11. The first-order chi connectivity index (χ1) is 8.17. The Kier molecular flexibility index (Phi) is 6.66. The molecule has 0 aliphatic heterocycles. The molecule has 1 aliphatic rings. The predicted octanol–water partition coefficient (Wildman–Crippen LogP) is 2.37. The molecule has 0 saturated heterocycles. The molecule has 1 rings (SSSR count). The maximum Gasteiger partial charge on any atom is 0.334 e. The van der Waals surface area contributed by atoms with Crippen LogP contribution in [0.5, 0.6) is 0 Å². The molecular weight excluding hydrogens is 234 g/mol. The third-order valence-electron chi connectivity index (χ3n) is 3.18. The van der Waals surface area contributed by atoms with Crippen molar-refractivity contribution in [1.29, 1.82) is 0 Å². The molecule has 1 saturated carbocycles. The topological polar surface area (TPSA) is 38.3 Å². The number of thioether (sulfide) groups is 1. The quantitative estimate of drug-likeness (QED) is 0.585. The van der Waals surface area contributed by atoms with Gasteiger partial charge in [-0.1, -0.05) is 6.58 Å². The summed E-state index contributed by atoms with van der Waals surface area (Å²) in [7, 11) is 0. The lowest BCUT2D eigenvalue weighted by Crippen LogP contribution is -2.36. The third-order valence-corrected chi connectivity index (χ3v) is 4.31. The highest BCUT2D eigenvalue weighted by Gasteiger charge is 2.20. The van der Waals surface area contributed by atoms with Gasteiger partial charge in [-0.3, -0.25) is 0 Å². The van der Waals surface area contributed by atoms with Gasteiger partial charge in [0.25, 0.3) is 0 Å². The number of hydrogen-bond donors (Lipinski definition) is 1. The number of hydrogen-bond acceptors (Lipinski definition) is 4. The van der Waals surface area contributed by atoms with Crippen LogP contribution in [0.15, 0.2) is 12.2 Å². The number of rotatable bonds is 6. The van der Waals surface area contributed by atoms with E-state index < -0.39 is 0 Å². The SMILES string of the molecule is C=C(CNC1CCC(SC)CC1)C(=O)OCC. The van der Waals surface area contributed by atoms with Crippen LogP contribution in [0.2, 0.25) is 0 Å². The van der Waals surface area contributed by atoms with E-state index >= 15 is 0 Å². The molecule has 0 aromatic heterocycles. The molecule has 17 heavy (non-hydrogen) atoms. The van der Waals surface area contributed by atoms with E-state index in [4.69, 9.17) is 4.74 Å². The van der Waals surface area contributed by atoms with E-state index in [9.17, 15) is 4.79 Å². The van der Waals surface area contributed by atoms with E-state index in [1.807, 2.05) is 18.7 Å². The van der Waals surface area contributed by atoms with E-state index in [1.54, 1.807) is 0 Å². The monoisotopic (exact) mass is 257 g/mol. The fourth-order valence-electron chi connectivity index (χ4n) is 2.08. The standard InChI is InChI=1S/C13H23NO2S/c1-4-16-13(15)10(2)9-14-11-5-7-12(17-3)8-6-11/h11-12,14H,2,4-9H2,1,3H3. The molecule has 1 N–H and O–H groups in total. The van der Waals surface area contributed by atoms with Crippen LogP contribution in [0.3, 0.4) is 0 Å². The molecule has 0 radical (unpaired) electrons. The van der Waals surface area contributed by atoms with Gasteiger partial charge in [0.15, 0.2) is 0 Å². The summed E-state index contributed by atoms with van der Waals surface area (Å²) < 4.78 is 4.90. The summed E-state index contributed by atoms with van der Waals surface area (Å²) in [4.78, 5) is 11.3. The molecular formula is C13H23NO2S. The Morgan fingerprint density at radius 1 is 1.41 bits per heavy atom. The number of carbonyl (C=O) groups excluding carboxylic acids is 1. The Bertz CT molecular complexity index is 260. The van der Waals surface area contributed by atoms with Gasteiger partial charge in [0.2, 0.25) is 0 Å². The third kappa shape index (κ3) is 5.13. The van der Waals surface area contributed by atoms with E-state index in [2.05, 4.69) is 18.2 Å². The first kappa shape index (κ1) is 14.6. The van der Waals surface area contributed by atoms with Crippen molar-refractivity contribution in [3.05, 3.63) is 12.2 Å². The van der Waals surface area contributed by atoms with E-state index in [-0.39, 0.29) is 5.97 Å². The average molecular weight is 257 g/mol. The number of ether oxygens (including phenoxy) is 1. The van der Waals surface area contributed by atoms with Gasteiger partial charge in [-0.15, -0.1) is 0 Å². The average Bonchev–Trinajstić information content (AvgIpc) is 2.36. The molecule has 0 atom stereocenters. The molecule has 3 nitrogen and oxygen atoms in total. The zero-order chi connectivity index (χ0) is 12.7. The number of esters is 1. The van der Waals surface area contributed by atoms with Gasteiger partial charge < -0.3 is 10.1 Å². The maximum atomic E-state index is 11.3. The van der Waals surface area contributed by atoms with Crippen molar-refractivity contribution < 1.29 is 9.53 Å². The highest BCUT2D eigenvalue weighted by molar-refractivity contribution is 7.99. The normalized spacial score (nSPS) is 24.4. The molecule has 4 heteroatoms. The Balaban J connectivity index is 2.19. The molecule has 98 valence electrons. The van der Waals surface area contributed by atoms with Crippen molar-refractivity contribution in [1.82, 2.24) is 5.32 Å². The van der Waals surface area contributed by atoms with E-state index in [0.717, 1.165) is 5.25 Å². The lowest BCUT2D eigenvalue weighted by molar-refractivity contribution is -0.138. The minimum Gasteiger partial charge on any atom is -0.463 e. The van der Waals surface area contributed by atoms with Gasteiger partial charge in [0.1, 0.15) is 0 Å². The van der Waals surface area contributed by atoms with Crippen LogP contribution in [0.1, 0.15) is 32.6 Å². The number of carbonyl (C=O) groups is 1. The first-order valence-electron chi connectivity index (χ1n) is 6.28. The maximum absolute atomic E-state index is 11.3. The Morgan fingerprint density at radius 2 is 2.06 bits per heavy atom. The zero-order valence-corrected chi connectivity index (χ0v) is 11.6. The molecule has 0 aromatic carbocycles. The fourth-order valence-corrected chi connectivity index (χ4v) is 2.82. The second-order valence-corrected chi connectivity index (χ2v) is 5.55. The minimum atomic E-state index is -0.280. The van der Waals surface area contributed by atoms with Gasteiger partial charge in [-0.2, -0.15) is 11.8 Å². The molecule has 1 aliphatic carbocycles. The van der Waals surface area contributed by atoms with Crippen molar-refractivity contribution in [3.63, 3.8) is 0 Å². The van der Waals surface area contributed by atoms with E-state index in [0.29, 0.717) is 24.8 Å². The van der Waals surface area contributed by atoms with Crippen molar-refractivity contribution >= 4 is 17.7 Å². The van der Waals surface area contributed by atoms with Gasteiger partial charge in [-0.25, -0.2) is 4.79 Å². The molecule has 0 unspecified atom stereocenters. The Hall–Kier alpha value is -0.480. The summed E-state index contributed by atoms with van der Waals surface area (Å²) in [6.45, 7) is 6.52. The van der Waals surface area contributed by atoms with Gasteiger partial charge in [0, 0.05) is 23.4 Å². The summed E-state index contributed by atoms with van der Waals surface area (Å²) >= 11 is 1.96. The lowest BCUT2D eigenvalue weighted by Gasteiger charge is -2.28. The van der Waals surface area contributed by atoms with Crippen LogP contribution >= 0.6 is 11.8 Å². The van der Waals surface area contributed by atoms with Crippen molar-refractivity contribution in [2.75, 3.05) is 19.4 Å². The summed E-state index contributed by atoms with van der Waals surface area (Å²) in [5, 5.41) is 4.22. The summed E-state index contributed by atoms with van der Waals surface area (Å²) in [5.41, 5.74) is 0.527. The van der Waals surface area contributed by atoms with Gasteiger partial charge in [-0.05, 0) is 38.9 Å². The van der Waals surface area contributed by atoms with Crippen LogP contribution in [-0.2, 0) is 9.53 Å². The minimum absolute atomic E-state index is 0.280. The summed E-state index contributed by atoms with van der Waals surface area (Å²) in [5.74, 6) is -0.280. The first-order valence-corrected chi connectivity index (χ1v) is 7.57. The molecule has 0 aromatic rings. The van der Waals surface area contributed by atoms with Crippen LogP contribution in [0.25, 0.3) is 0 Å². The Morgan fingerprint density at radius 3 is 2.59 bits per heavy atom. The van der Waals surface area contributed by atoms with Crippen LogP contribution in [0.4, 0.5) is 0 Å². The van der Waals surface area contributed by atoms with Crippen molar-refractivity contribution in [2.45, 2.75) is 43.9 Å². The lowest BCUT2D eigenvalue weighted by atomic mass is 9.95. The molecule has 0 heterocycles. The second kappa shape index (κ2) is 7.77. The van der Waals surface area contributed by atoms with Crippen LogP contribution in [0, 0.1) is 0 Å². The molecule has 0 amide bonds. The fraction of sp³-hybridized carbons (Fsp3) is 0.769. The Labute approximate surface area is 108 Å². The smallest absolute Gasteiger partial charge is 0.334 e. The summed E-state index contributed by atoms with van der Waals surface area (Å²) in [6, 6.07) is 0.532. The molecule has 0 bridgehead atoms. The second-order valence-electron chi connectivity index (χ2n) is 4.41. The van der Waals surface area contributed by atoms with E-state index in [1.165, 1.54) is 25.7 Å². The van der Waals surface area contributed by atoms with Crippen molar-refractivity contribution in [3.8, 4) is 0 Å². The molecule has 1 fully saturated rings. The largest absolute Gasteiger partial charge is 0.463 e. The van der Waals surface area contributed by atoms with Crippen LogP contribution < -0.4 is 5.32 Å². The molecule has 0 spiro atoms. The zero-order valence-electron chi connectivity index (χ0n) is 10.8. The van der Waals surface area contributed by atoms with Gasteiger partial charge >= 0.3 is 5.97 Å².